The van der Waals surface area contributed by atoms with Crippen molar-refractivity contribution in [3.05, 3.63) is 164 Å². The summed E-state index contributed by atoms with van der Waals surface area (Å²) in [5.41, 5.74) is 7.65. The molecule has 0 bridgehead atoms. The van der Waals surface area contributed by atoms with Gasteiger partial charge in [-0.25, -0.2) is 0 Å². The maximum absolute atomic E-state index is 2.16. The Bertz CT molecular complexity index is 1330. The summed E-state index contributed by atoms with van der Waals surface area (Å²) in [4.78, 5) is 0. The van der Waals surface area contributed by atoms with Gasteiger partial charge in [0.25, 0.3) is 0 Å². The molecule has 0 aliphatic heterocycles. The number of allylic oxidation sites excluding steroid dienone is 4. The van der Waals surface area contributed by atoms with E-state index in [9.17, 15) is 0 Å². The molecule has 0 N–H and O–H groups in total. The van der Waals surface area contributed by atoms with E-state index in [0.29, 0.717) is 0 Å². The SMILES string of the molecule is C1=CCC=C1.Cc1ccccc1-c1ccccc1.c1ccc(-c2ccccc2-n2cccc2)cc1. The Morgan fingerprint density at radius 1 is 0.486 bits per heavy atom. The van der Waals surface area contributed by atoms with Crippen LogP contribution in [-0.4, -0.2) is 4.57 Å². The smallest absolute Gasteiger partial charge is 0.0527 e. The summed E-state index contributed by atoms with van der Waals surface area (Å²) < 4.78 is 2.14. The van der Waals surface area contributed by atoms with Gasteiger partial charge in [-0.15, -0.1) is 0 Å². The lowest BCUT2D eigenvalue weighted by molar-refractivity contribution is 1.08. The minimum Gasteiger partial charge on any atom is -0.323 e. The molecule has 1 aliphatic carbocycles. The zero-order valence-corrected chi connectivity index (χ0v) is 20.2. The monoisotopic (exact) mass is 453 g/mol. The molecule has 0 saturated heterocycles. The average Bonchev–Trinajstić information content (AvgIpc) is 3.68. The van der Waals surface area contributed by atoms with Crippen LogP contribution in [0.25, 0.3) is 27.9 Å². The third-order valence-corrected chi connectivity index (χ3v) is 5.76. The molecule has 5 aromatic rings. The van der Waals surface area contributed by atoms with Crippen LogP contribution in [0.1, 0.15) is 12.0 Å². The Labute approximate surface area is 209 Å². The van der Waals surface area contributed by atoms with Crippen LogP contribution in [0, 0.1) is 6.92 Å². The first kappa shape index (κ1) is 23.8. The highest BCUT2D eigenvalue weighted by atomic mass is 14.9. The molecule has 0 saturated carbocycles. The van der Waals surface area contributed by atoms with E-state index in [1.54, 1.807) is 0 Å². The van der Waals surface area contributed by atoms with Gasteiger partial charge >= 0.3 is 0 Å². The number of aromatic nitrogens is 1. The highest BCUT2D eigenvalue weighted by Crippen LogP contribution is 2.26. The Balaban J connectivity index is 0.000000141. The van der Waals surface area contributed by atoms with Crippen LogP contribution in [0.2, 0.25) is 0 Å². The van der Waals surface area contributed by atoms with Gasteiger partial charge in [-0.2, -0.15) is 0 Å². The molecule has 1 aromatic heterocycles. The van der Waals surface area contributed by atoms with E-state index in [0.717, 1.165) is 6.42 Å². The van der Waals surface area contributed by atoms with Gasteiger partial charge in [-0.3, -0.25) is 0 Å². The summed E-state index contributed by atoms with van der Waals surface area (Å²) in [5, 5.41) is 0. The Hall–Kier alpha value is -4.36. The van der Waals surface area contributed by atoms with Crippen LogP contribution in [0.15, 0.2) is 158 Å². The summed E-state index contributed by atoms with van der Waals surface area (Å²) in [6.45, 7) is 2.14. The molecule has 0 amide bonds. The summed E-state index contributed by atoms with van der Waals surface area (Å²) >= 11 is 0. The third kappa shape index (κ3) is 6.82. The number of nitrogens with zero attached hydrogens (tertiary/aromatic N) is 1. The van der Waals surface area contributed by atoms with Crippen molar-refractivity contribution in [1.29, 1.82) is 0 Å². The molecule has 0 unspecified atom stereocenters. The van der Waals surface area contributed by atoms with E-state index in [1.807, 2.05) is 24.3 Å². The van der Waals surface area contributed by atoms with Crippen molar-refractivity contribution in [2.24, 2.45) is 0 Å². The van der Waals surface area contributed by atoms with E-state index in [4.69, 9.17) is 0 Å². The molecule has 172 valence electrons. The number of benzene rings is 4. The van der Waals surface area contributed by atoms with Gasteiger partial charge in [0.2, 0.25) is 0 Å². The molecule has 1 heteroatoms. The van der Waals surface area contributed by atoms with Gasteiger partial charge in [0.15, 0.2) is 0 Å². The van der Waals surface area contributed by atoms with Crippen LogP contribution >= 0.6 is 0 Å². The van der Waals surface area contributed by atoms with Crippen molar-refractivity contribution in [1.82, 2.24) is 4.57 Å². The molecule has 4 aromatic carbocycles. The largest absolute Gasteiger partial charge is 0.323 e. The second kappa shape index (κ2) is 12.8. The molecule has 1 heterocycles. The Morgan fingerprint density at radius 2 is 0.971 bits per heavy atom. The third-order valence-electron chi connectivity index (χ3n) is 5.76. The van der Waals surface area contributed by atoms with Crippen molar-refractivity contribution >= 4 is 0 Å². The summed E-state index contributed by atoms with van der Waals surface area (Å²) in [6.07, 6.45) is 13.6. The van der Waals surface area contributed by atoms with E-state index < -0.39 is 0 Å². The van der Waals surface area contributed by atoms with E-state index in [2.05, 4.69) is 145 Å². The van der Waals surface area contributed by atoms with Gasteiger partial charge in [0.1, 0.15) is 0 Å². The minimum absolute atomic E-state index is 1.14. The maximum atomic E-state index is 2.16. The van der Waals surface area contributed by atoms with Crippen LogP contribution in [0.5, 0.6) is 0 Å². The lowest BCUT2D eigenvalue weighted by Crippen LogP contribution is -1.92. The molecular weight excluding hydrogens is 422 g/mol. The minimum atomic E-state index is 1.14. The van der Waals surface area contributed by atoms with Crippen molar-refractivity contribution in [3.63, 3.8) is 0 Å². The Morgan fingerprint density at radius 3 is 1.51 bits per heavy atom. The predicted octanol–water partition coefficient (Wildman–Crippen LogP) is 9.31. The van der Waals surface area contributed by atoms with Crippen molar-refractivity contribution in [2.75, 3.05) is 0 Å². The standard InChI is InChI=1S/C16H13N.C13H12.C5H6/c1-2-8-14(9-3-1)15-10-4-5-11-16(15)17-12-6-7-13-17;1-11-7-5-6-10-13(11)12-8-3-2-4-9-12;1-2-4-5-3-1/h1-13H;2-10H,1H3;1-4H,5H2. The molecule has 35 heavy (non-hydrogen) atoms. The van der Waals surface area contributed by atoms with Crippen LogP contribution in [-0.2, 0) is 0 Å². The molecule has 6 rings (SSSR count). The number of hydrogen-bond acceptors (Lipinski definition) is 0. The molecule has 0 fully saturated rings. The fraction of sp³-hybridized carbons (Fsp3) is 0.0588. The van der Waals surface area contributed by atoms with Gasteiger partial charge in [-0.1, -0.05) is 127 Å². The first-order valence-corrected chi connectivity index (χ1v) is 12.0. The van der Waals surface area contributed by atoms with Crippen LogP contribution < -0.4 is 0 Å². The zero-order valence-electron chi connectivity index (χ0n) is 20.2. The van der Waals surface area contributed by atoms with Crippen molar-refractivity contribution < 1.29 is 0 Å². The molecule has 0 radical (unpaired) electrons. The molecular formula is C34H31N. The highest BCUT2D eigenvalue weighted by molar-refractivity contribution is 5.73. The average molecular weight is 454 g/mol. The molecule has 0 atom stereocenters. The van der Waals surface area contributed by atoms with Crippen molar-refractivity contribution in [2.45, 2.75) is 13.3 Å². The maximum Gasteiger partial charge on any atom is 0.0527 e. The summed E-state index contributed by atoms with van der Waals surface area (Å²) in [7, 11) is 0. The van der Waals surface area contributed by atoms with E-state index in [-0.39, 0.29) is 0 Å². The normalized spacial score (nSPS) is 11.2. The van der Waals surface area contributed by atoms with Gasteiger partial charge in [0.05, 0.1) is 5.69 Å². The summed E-state index contributed by atoms with van der Waals surface area (Å²) in [5.74, 6) is 0. The highest BCUT2D eigenvalue weighted by Gasteiger charge is 2.04. The summed E-state index contributed by atoms with van der Waals surface area (Å²) in [6, 6.07) is 41.9. The topological polar surface area (TPSA) is 4.93 Å². The number of para-hydroxylation sites is 1. The first-order valence-electron chi connectivity index (χ1n) is 12.0. The van der Waals surface area contributed by atoms with E-state index >= 15 is 0 Å². The second-order valence-electron chi connectivity index (χ2n) is 8.25. The van der Waals surface area contributed by atoms with E-state index in [1.165, 1.54) is 33.5 Å². The molecule has 1 nitrogen and oxygen atoms in total. The quantitative estimate of drug-likeness (QED) is 0.256. The molecule has 1 aliphatic rings. The Kier molecular flexibility index (Phi) is 8.68. The van der Waals surface area contributed by atoms with Gasteiger partial charge in [-0.05, 0) is 53.8 Å². The number of hydrogen-bond donors (Lipinski definition) is 0. The fourth-order valence-electron chi connectivity index (χ4n) is 3.96. The second-order valence-corrected chi connectivity index (χ2v) is 8.25. The zero-order chi connectivity index (χ0) is 24.1. The lowest BCUT2D eigenvalue weighted by Gasteiger charge is -2.10. The van der Waals surface area contributed by atoms with Crippen LogP contribution in [0.3, 0.4) is 0 Å². The molecule has 0 spiro atoms. The predicted molar refractivity (Wildman–Crippen MR) is 151 cm³/mol. The van der Waals surface area contributed by atoms with Crippen molar-refractivity contribution in [3.8, 4) is 27.9 Å². The first-order chi connectivity index (χ1) is 17.3. The fourth-order valence-corrected chi connectivity index (χ4v) is 3.96. The van der Waals surface area contributed by atoms with Gasteiger partial charge in [0, 0.05) is 18.0 Å². The van der Waals surface area contributed by atoms with Gasteiger partial charge < -0.3 is 4.57 Å². The number of aryl methyl sites for hydroxylation is 1. The van der Waals surface area contributed by atoms with Crippen LogP contribution in [0.4, 0.5) is 0 Å². The lowest BCUT2D eigenvalue weighted by atomic mass is 10.0. The number of rotatable bonds is 3.